The maximum absolute atomic E-state index is 13.7. The maximum atomic E-state index is 13.7. The molecular formula is C12H11F2NO3. The minimum absolute atomic E-state index is 0.126. The Labute approximate surface area is 102 Å². The minimum Gasteiger partial charge on any atom is -0.501 e. The summed E-state index contributed by atoms with van der Waals surface area (Å²) in [6, 6.07) is 2.06. The minimum atomic E-state index is -1.17. The summed E-state index contributed by atoms with van der Waals surface area (Å²) in [4.78, 5) is 10.9. The van der Waals surface area contributed by atoms with Crippen molar-refractivity contribution in [2.45, 2.75) is 6.42 Å². The Morgan fingerprint density at radius 2 is 2.22 bits per heavy atom. The van der Waals surface area contributed by atoms with Gasteiger partial charge in [-0.25, -0.2) is 8.78 Å². The Kier molecular flexibility index (Phi) is 3.45. The largest absolute Gasteiger partial charge is 0.501 e. The van der Waals surface area contributed by atoms with Crippen molar-refractivity contribution < 1.29 is 23.0 Å². The van der Waals surface area contributed by atoms with Gasteiger partial charge in [-0.2, -0.15) is 0 Å². The average molecular weight is 255 g/mol. The van der Waals surface area contributed by atoms with Gasteiger partial charge < -0.3 is 15.2 Å². The zero-order valence-electron chi connectivity index (χ0n) is 9.41. The molecule has 0 aliphatic carbocycles. The Morgan fingerprint density at radius 3 is 2.83 bits per heavy atom. The quantitative estimate of drug-likeness (QED) is 0.891. The van der Waals surface area contributed by atoms with Crippen molar-refractivity contribution >= 4 is 5.91 Å². The van der Waals surface area contributed by atoms with Crippen LogP contribution in [0, 0.1) is 11.6 Å². The third kappa shape index (κ3) is 2.42. The van der Waals surface area contributed by atoms with Crippen LogP contribution in [-0.4, -0.2) is 19.1 Å². The zero-order valence-corrected chi connectivity index (χ0v) is 9.41. The molecule has 0 saturated heterocycles. The number of benzene rings is 1. The summed E-state index contributed by atoms with van der Waals surface area (Å²) in [6.45, 7) is 0.692. The molecule has 4 nitrogen and oxygen atoms in total. The molecule has 1 heterocycles. The Hall–Kier alpha value is -2.11. The topological polar surface area (TPSA) is 61.6 Å². The van der Waals surface area contributed by atoms with E-state index in [4.69, 9.17) is 15.2 Å². The van der Waals surface area contributed by atoms with Crippen LogP contribution < -0.4 is 10.5 Å². The first-order valence-corrected chi connectivity index (χ1v) is 5.29. The van der Waals surface area contributed by atoms with Crippen molar-refractivity contribution in [1.29, 1.82) is 0 Å². The Morgan fingerprint density at radius 1 is 1.44 bits per heavy atom. The van der Waals surface area contributed by atoms with Gasteiger partial charge in [-0.1, -0.05) is 0 Å². The van der Waals surface area contributed by atoms with Crippen LogP contribution in [0.1, 0.15) is 16.8 Å². The molecule has 0 radical (unpaired) electrons. The van der Waals surface area contributed by atoms with Crippen molar-refractivity contribution in [2.75, 3.05) is 13.2 Å². The summed E-state index contributed by atoms with van der Waals surface area (Å²) in [6.07, 6.45) is 2.24. The number of nitrogens with two attached hydrogens (primary N) is 1. The maximum Gasteiger partial charge on any atom is 0.254 e. The highest BCUT2D eigenvalue weighted by atomic mass is 19.1. The van der Waals surface area contributed by atoms with E-state index in [2.05, 4.69) is 0 Å². The molecule has 0 saturated carbocycles. The molecule has 0 atom stereocenters. The van der Waals surface area contributed by atoms with Crippen LogP contribution in [0.2, 0.25) is 0 Å². The van der Waals surface area contributed by atoms with E-state index >= 15 is 0 Å². The molecule has 1 aliphatic heterocycles. The number of carbonyl (C=O) groups is 1. The number of rotatable bonds is 4. The summed E-state index contributed by atoms with van der Waals surface area (Å²) in [7, 11) is 0. The first-order valence-electron chi connectivity index (χ1n) is 5.29. The van der Waals surface area contributed by atoms with Crippen LogP contribution in [0.25, 0.3) is 0 Å². The van der Waals surface area contributed by atoms with Crippen molar-refractivity contribution in [1.82, 2.24) is 0 Å². The van der Waals surface area contributed by atoms with Crippen LogP contribution in [0.15, 0.2) is 24.0 Å². The van der Waals surface area contributed by atoms with Crippen LogP contribution >= 0.6 is 0 Å². The number of primary amides is 1. The molecule has 0 spiro atoms. The van der Waals surface area contributed by atoms with Gasteiger partial charge in [-0.15, -0.1) is 0 Å². The molecule has 6 heteroatoms. The number of halogens is 2. The highest BCUT2D eigenvalue weighted by Gasteiger charge is 2.19. The number of hydrogen-bond donors (Lipinski definition) is 1. The van der Waals surface area contributed by atoms with E-state index < -0.39 is 23.1 Å². The molecule has 1 aromatic rings. The number of amides is 1. The smallest absolute Gasteiger partial charge is 0.254 e. The van der Waals surface area contributed by atoms with Gasteiger partial charge in [0.1, 0.15) is 18.0 Å². The summed E-state index contributed by atoms with van der Waals surface area (Å²) in [5, 5.41) is 0. The van der Waals surface area contributed by atoms with E-state index in [1.165, 1.54) is 6.26 Å². The van der Waals surface area contributed by atoms with Crippen LogP contribution in [0.3, 0.4) is 0 Å². The first kappa shape index (κ1) is 12.3. The van der Waals surface area contributed by atoms with E-state index in [0.717, 1.165) is 17.7 Å². The van der Waals surface area contributed by atoms with E-state index in [1.807, 2.05) is 0 Å². The number of hydrogen-bond acceptors (Lipinski definition) is 3. The summed E-state index contributed by atoms with van der Waals surface area (Å²) < 4.78 is 37.1. The molecule has 0 bridgehead atoms. The molecule has 1 amide bonds. The van der Waals surface area contributed by atoms with E-state index in [-0.39, 0.29) is 12.4 Å². The summed E-state index contributed by atoms with van der Waals surface area (Å²) in [5.74, 6) is -3.46. The fourth-order valence-corrected chi connectivity index (χ4v) is 1.57. The monoisotopic (exact) mass is 255 g/mol. The highest BCUT2D eigenvalue weighted by molar-refractivity contribution is 5.93. The van der Waals surface area contributed by atoms with Gasteiger partial charge >= 0.3 is 0 Å². The lowest BCUT2D eigenvalue weighted by Gasteiger charge is -2.09. The van der Waals surface area contributed by atoms with Crippen molar-refractivity contribution in [3.05, 3.63) is 41.2 Å². The molecule has 2 N–H and O–H groups in total. The SMILES string of the molecule is NC(=O)c1c(F)ccc(OCC2=COCC2)c1F. The van der Waals surface area contributed by atoms with Crippen molar-refractivity contribution in [3.8, 4) is 5.75 Å². The van der Waals surface area contributed by atoms with Gasteiger partial charge in [0, 0.05) is 12.0 Å². The van der Waals surface area contributed by atoms with Gasteiger partial charge in [-0.3, -0.25) is 4.79 Å². The fourth-order valence-electron chi connectivity index (χ4n) is 1.57. The lowest BCUT2D eigenvalue weighted by atomic mass is 10.1. The van der Waals surface area contributed by atoms with Gasteiger partial charge in [0.25, 0.3) is 5.91 Å². The number of carbonyl (C=O) groups excluding carboxylic acids is 1. The second-order valence-electron chi connectivity index (χ2n) is 3.78. The first-order chi connectivity index (χ1) is 8.59. The highest BCUT2D eigenvalue weighted by Crippen LogP contribution is 2.24. The summed E-state index contributed by atoms with van der Waals surface area (Å²) >= 11 is 0. The molecule has 96 valence electrons. The average Bonchev–Trinajstić information content (AvgIpc) is 2.80. The molecule has 18 heavy (non-hydrogen) atoms. The normalized spacial score (nSPS) is 14.0. The summed E-state index contributed by atoms with van der Waals surface area (Å²) in [5.41, 5.74) is 4.97. The van der Waals surface area contributed by atoms with Gasteiger partial charge in [0.15, 0.2) is 11.6 Å². The zero-order chi connectivity index (χ0) is 13.1. The van der Waals surface area contributed by atoms with Gasteiger partial charge in [0.2, 0.25) is 0 Å². The standard InChI is InChI=1S/C12H11F2NO3/c13-8-1-2-9(11(14)10(8)12(15)16)18-6-7-3-4-17-5-7/h1-2,5H,3-4,6H2,(H2,15,16). The van der Waals surface area contributed by atoms with Crippen LogP contribution in [0.4, 0.5) is 8.78 Å². The lowest BCUT2D eigenvalue weighted by molar-refractivity contribution is 0.0991. The third-order valence-corrected chi connectivity index (χ3v) is 2.51. The lowest BCUT2D eigenvalue weighted by Crippen LogP contribution is -2.16. The predicted molar refractivity (Wildman–Crippen MR) is 59.0 cm³/mol. The van der Waals surface area contributed by atoms with E-state index in [0.29, 0.717) is 13.0 Å². The third-order valence-electron chi connectivity index (χ3n) is 2.51. The molecule has 1 aliphatic rings. The van der Waals surface area contributed by atoms with Crippen molar-refractivity contribution in [2.24, 2.45) is 5.73 Å². The van der Waals surface area contributed by atoms with Gasteiger partial charge in [-0.05, 0) is 12.1 Å². The molecule has 0 fully saturated rings. The molecular weight excluding hydrogens is 244 g/mol. The van der Waals surface area contributed by atoms with E-state index in [9.17, 15) is 13.6 Å². The predicted octanol–water partition coefficient (Wildman–Crippen LogP) is 1.75. The van der Waals surface area contributed by atoms with Crippen LogP contribution in [0.5, 0.6) is 5.75 Å². The Balaban J connectivity index is 2.18. The van der Waals surface area contributed by atoms with Crippen molar-refractivity contribution in [3.63, 3.8) is 0 Å². The molecule has 0 aromatic heterocycles. The Bertz CT molecular complexity index is 514. The van der Waals surface area contributed by atoms with E-state index in [1.54, 1.807) is 0 Å². The molecule has 2 rings (SSSR count). The fraction of sp³-hybridized carbons (Fsp3) is 0.250. The van der Waals surface area contributed by atoms with Crippen LogP contribution in [-0.2, 0) is 4.74 Å². The second-order valence-corrected chi connectivity index (χ2v) is 3.78. The second kappa shape index (κ2) is 5.03. The molecule has 0 unspecified atom stereocenters. The number of ether oxygens (including phenoxy) is 2. The van der Waals surface area contributed by atoms with Gasteiger partial charge in [0.05, 0.1) is 12.9 Å². The molecule has 1 aromatic carbocycles.